The molecule has 1 aliphatic rings. The molecule has 0 radical (unpaired) electrons. The summed E-state index contributed by atoms with van der Waals surface area (Å²) in [5.74, 6) is 0.541. The van der Waals surface area contributed by atoms with Crippen LogP contribution in [0.1, 0.15) is 40.6 Å². The molecule has 0 atom stereocenters. The van der Waals surface area contributed by atoms with Crippen LogP contribution in [0, 0.1) is 6.92 Å². The minimum atomic E-state index is -4.56. The SMILES string of the molecule is Cc1cc(Cc2nnc(CO)o2)cnc1C1=CCN(C(=O)Nc2ccc(C(F)(F)F)c(Cl)c2)CC1. The fourth-order valence-electron chi connectivity index (χ4n) is 3.76. The van der Waals surface area contributed by atoms with E-state index < -0.39 is 22.8 Å². The fraction of sp³-hybridized carbons (Fsp3) is 0.304. The van der Waals surface area contributed by atoms with Crippen molar-refractivity contribution < 1.29 is 27.5 Å². The Morgan fingerprint density at radius 1 is 1.26 bits per heavy atom. The number of carbonyl (C=O) groups is 1. The molecule has 0 unspecified atom stereocenters. The van der Waals surface area contributed by atoms with Crippen LogP contribution in [0.5, 0.6) is 0 Å². The molecule has 3 aromatic rings. The molecule has 2 aromatic heterocycles. The van der Waals surface area contributed by atoms with E-state index in [4.69, 9.17) is 21.1 Å². The number of carbonyl (C=O) groups excluding carboxylic acids is 1. The number of benzene rings is 1. The molecule has 1 aromatic carbocycles. The Morgan fingerprint density at radius 3 is 2.63 bits per heavy atom. The van der Waals surface area contributed by atoms with Gasteiger partial charge in [-0.15, -0.1) is 10.2 Å². The summed E-state index contributed by atoms with van der Waals surface area (Å²) in [7, 11) is 0. The average Bonchev–Trinajstić information content (AvgIpc) is 3.26. The summed E-state index contributed by atoms with van der Waals surface area (Å²) in [4.78, 5) is 18.7. The van der Waals surface area contributed by atoms with E-state index in [2.05, 4.69) is 20.5 Å². The van der Waals surface area contributed by atoms with Gasteiger partial charge in [-0.2, -0.15) is 13.2 Å². The van der Waals surface area contributed by atoms with Gasteiger partial charge in [0.2, 0.25) is 11.8 Å². The van der Waals surface area contributed by atoms with E-state index in [0.717, 1.165) is 34.5 Å². The smallest absolute Gasteiger partial charge is 0.417 e. The summed E-state index contributed by atoms with van der Waals surface area (Å²) >= 11 is 5.73. The maximum atomic E-state index is 12.9. The third-order valence-corrected chi connectivity index (χ3v) is 5.77. The highest BCUT2D eigenvalue weighted by molar-refractivity contribution is 6.31. The predicted molar refractivity (Wildman–Crippen MR) is 122 cm³/mol. The lowest BCUT2D eigenvalue weighted by atomic mass is 9.99. The Morgan fingerprint density at radius 2 is 2.03 bits per heavy atom. The summed E-state index contributed by atoms with van der Waals surface area (Å²) in [5, 5.41) is 18.7. The van der Waals surface area contributed by atoms with Crippen LogP contribution >= 0.6 is 11.6 Å². The molecule has 35 heavy (non-hydrogen) atoms. The number of alkyl halides is 3. The molecule has 12 heteroatoms. The largest absolute Gasteiger partial charge is 0.422 e. The highest BCUT2D eigenvalue weighted by atomic mass is 35.5. The summed E-state index contributed by atoms with van der Waals surface area (Å²) < 4.78 is 43.9. The molecule has 2 amide bonds. The van der Waals surface area contributed by atoms with Crippen LogP contribution in [-0.2, 0) is 19.2 Å². The van der Waals surface area contributed by atoms with Crippen molar-refractivity contribution in [1.82, 2.24) is 20.1 Å². The van der Waals surface area contributed by atoms with E-state index in [1.807, 2.05) is 19.1 Å². The van der Waals surface area contributed by atoms with Gasteiger partial charge in [0, 0.05) is 25.0 Å². The minimum absolute atomic E-state index is 0.156. The molecule has 0 aliphatic carbocycles. The number of nitrogens with zero attached hydrogens (tertiary/aromatic N) is 4. The highest BCUT2D eigenvalue weighted by Crippen LogP contribution is 2.36. The first-order valence-electron chi connectivity index (χ1n) is 10.6. The monoisotopic (exact) mass is 507 g/mol. The zero-order valence-corrected chi connectivity index (χ0v) is 19.3. The van der Waals surface area contributed by atoms with Crippen LogP contribution in [0.25, 0.3) is 5.57 Å². The van der Waals surface area contributed by atoms with Gasteiger partial charge in [0.05, 0.1) is 22.7 Å². The molecule has 0 bridgehead atoms. The van der Waals surface area contributed by atoms with Gasteiger partial charge in [-0.1, -0.05) is 23.7 Å². The first-order chi connectivity index (χ1) is 16.6. The van der Waals surface area contributed by atoms with Crippen molar-refractivity contribution in [1.29, 1.82) is 0 Å². The Bertz CT molecular complexity index is 1280. The fourth-order valence-corrected chi connectivity index (χ4v) is 4.05. The second-order valence-corrected chi connectivity index (χ2v) is 8.39. The van der Waals surface area contributed by atoms with Gasteiger partial charge in [-0.3, -0.25) is 4.98 Å². The van der Waals surface area contributed by atoms with Crippen LogP contribution < -0.4 is 5.32 Å². The van der Waals surface area contributed by atoms with Crippen molar-refractivity contribution in [3.05, 3.63) is 75.7 Å². The molecule has 0 saturated heterocycles. The van der Waals surface area contributed by atoms with Gasteiger partial charge in [-0.25, -0.2) is 4.79 Å². The summed E-state index contributed by atoms with van der Waals surface area (Å²) in [5.41, 5.74) is 2.88. The number of nitrogens with one attached hydrogen (secondary N) is 1. The van der Waals surface area contributed by atoms with E-state index in [1.54, 1.807) is 11.1 Å². The van der Waals surface area contributed by atoms with Crippen molar-refractivity contribution in [3.63, 3.8) is 0 Å². The standard InChI is InChI=1S/C23H21ClF3N5O3/c1-13-8-14(9-19-30-31-20(12-33)35-19)11-28-21(13)15-4-6-32(7-5-15)22(34)29-16-2-3-17(18(24)10-16)23(25,26)27/h2-4,8,10-11,33H,5-7,9,12H2,1H3,(H,29,34). The van der Waals surface area contributed by atoms with Crippen molar-refractivity contribution in [2.45, 2.75) is 32.5 Å². The molecule has 0 spiro atoms. The maximum Gasteiger partial charge on any atom is 0.417 e. The summed E-state index contributed by atoms with van der Waals surface area (Å²) in [6.07, 6.45) is 0.0249. The molecular formula is C23H21ClF3N5O3. The summed E-state index contributed by atoms with van der Waals surface area (Å²) in [6.45, 7) is 2.36. The van der Waals surface area contributed by atoms with Gasteiger partial charge in [-0.05, 0) is 48.2 Å². The van der Waals surface area contributed by atoms with Gasteiger partial charge >= 0.3 is 12.2 Å². The number of anilines is 1. The number of rotatable bonds is 5. The molecule has 3 heterocycles. The highest BCUT2D eigenvalue weighted by Gasteiger charge is 2.33. The van der Waals surface area contributed by atoms with Crippen molar-refractivity contribution in [3.8, 4) is 0 Å². The lowest BCUT2D eigenvalue weighted by Gasteiger charge is -2.27. The van der Waals surface area contributed by atoms with Gasteiger partial charge in [0.1, 0.15) is 6.61 Å². The molecule has 2 N–H and O–H groups in total. The van der Waals surface area contributed by atoms with E-state index in [9.17, 15) is 18.0 Å². The predicted octanol–water partition coefficient (Wildman–Crippen LogP) is 4.85. The number of aromatic nitrogens is 3. The lowest BCUT2D eigenvalue weighted by Crippen LogP contribution is -2.38. The van der Waals surface area contributed by atoms with Crippen LogP contribution in [0.2, 0.25) is 5.02 Å². The molecule has 0 fully saturated rings. The molecule has 4 rings (SSSR count). The van der Waals surface area contributed by atoms with Crippen LogP contribution in [-0.4, -0.2) is 44.3 Å². The third kappa shape index (κ3) is 5.80. The van der Waals surface area contributed by atoms with Crippen LogP contribution in [0.15, 0.2) is 41.0 Å². The number of urea groups is 1. The molecular weight excluding hydrogens is 487 g/mol. The van der Waals surface area contributed by atoms with Crippen LogP contribution in [0.3, 0.4) is 0 Å². The van der Waals surface area contributed by atoms with Gasteiger partial charge < -0.3 is 19.7 Å². The zero-order chi connectivity index (χ0) is 25.2. The number of amides is 2. The van der Waals surface area contributed by atoms with E-state index >= 15 is 0 Å². The number of halogens is 4. The zero-order valence-electron chi connectivity index (χ0n) is 18.6. The van der Waals surface area contributed by atoms with E-state index in [0.29, 0.717) is 31.8 Å². The Hall–Kier alpha value is -3.44. The Kier molecular flexibility index (Phi) is 7.08. The molecule has 1 aliphatic heterocycles. The molecule has 8 nitrogen and oxygen atoms in total. The Labute approximate surface area is 203 Å². The quantitative estimate of drug-likeness (QED) is 0.511. The van der Waals surface area contributed by atoms with Gasteiger partial charge in [0.15, 0.2) is 0 Å². The first-order valence-corrected chi connectivity index (χ1v) is 11.0. The number of aryl methyl sites for hydroxylation is 1. The normalized spacial score (nSPS) is 14.1. The topological polar surface area (TPSA) is 104 Å². The van der Waals surface area contributed by atoms with Crippen molar-refractivity contribution in [2.24, 2.45) is 0 Å². The first kappa shape index (κ1) is 24.7. The number of aliphatic hydroxyl groups is 1. The van der Waals surface area contributed by atoms with Gasteiger partial charge in [0.25, 0.3) is 0 Å². The molecule has 184 valence electrons. The number of hydrogen-bond donors (Lipinski definition) is 2. The van der Waals surface area contributed by atoms with Crippen molar-refractivity contribution >= 4 is 28.9 Å². The second kappa shape index (κ2) is 10.0. The van der Waals surface area contributed by atoms with E-state index in [-0.39, 0.29) is 18.2 Å². The Balaban J connectivity index is 1.38. The van der Waals surface area contributed by atoms with E-state index in [1.165, 1.54) is 6.07 Å². The molecule has 0 saturated carbocycles. The van der Waals surface area contributed by atoms with Crippen molar-refractivity contribution in [2.75, 3.05) is 18.4 Å². The third-order valence-electron chi connectivity index (χ3n) is 5.46. The number of aliphatic hydroxyl groups excluding tert-OH is 1. The maximum absolute atomic E-state index is 12.9. The minimum Gasteiger partial charge on any atom is -0.422 e. The summed E-state index contributed by atoms with van der Waals surface area (Å²) in [6, 6.07) is 4.64. The van der Waals surface area contributed by atoms with Crippen LogP contribution in [0.4, 0.5) is 23.7 Å². The number of pyridine rings is 1. The lowest BCUT2D eigenvalue weighted by molar-refractivity contribution is -0.137. The number of hydrogen-bond acceptors (Lipinski definition) is 6. The second-order valence-electron chi connectivity index (χ2n) is 7.98. The average molecular weight is 508 g/mol.